The Morgan fingerprint density at radius 1 is 1.00 bits per heavy atom. The summed E-state index contributed by atoms with van der Waals surface area (Å²) in [5.41, 5.74) is 4.62. The molecule has 2 aromatic rings. The molecule has 0 spiro atoms. The maximum Gasteiger partial charge on any atom is 0.178 e. The van der Waals surface area contributed by atoms with E-state index in [9.17, 15) is 8.42 Å². The summed E-state index contributed by atoms with van der Waals surface area (Å²) in [6.07, 6.45) is 0.446. The van der Waals surface area contributed by atoms with Crippen LogP contribution < -0.4 is 0 Å². The molecular formula is C26H36ClNO5S. The SMILES string of the molecule is CCOCCOCCOCCCS(=O)(=O)c1ccc(C2CN(C)Cc3c(Cl)cc(C)cc32)cc1. The number of ether oxygens (including phenoxy) is 3. The molecule has 8 heteroatoms. The highest BCUT2D eigenvalue weighted by atomic mass is 35.5. The van der Waals surface area contributed by atoms with Gasteiger partial charge in [-0.3, -0.25) is 0 Å². The maximum atomic E-state index is 12.8. The molecule has 188 valence electrons. The highest BCUT2D eigenvalue weighted by Crippen LogP contribution is 2.37. The van der Waals surface area contributed by atoms with Gasteiger partial charge in [-0.05, 0) is 67.8 Å². The van der Waals surface area contributed by atoms with E-state index in [2.05, 4.69) is 24.9 Å². The van der Waals surface area contributed by atoms with Crippen LogP contribution >= 0.6 is 11.6 Å². The third-order valence-electron chi connectivity index (χ3n) is 5.96. The Bertz CT molecular complexity index is 1030. The fourth-order valence-electron chi connectivity index (χ4n) is 4.27. The average Bonchev–Trinajstić information content (AvgIpc) is 2.80. The van der Waals surface area contributed by atoms with Crippen LogP contribution in [0, 0.1) is 6.92 Å². The summed E-state index contributed by atoms with van der Waals surface area (Å²) in [6, 6.07) is 11.5. The predicted molar refractivity (Wildman–Crippen MR) is 136 cm³/mol. The Hall–Kier alpha value is -1.48. The fraction of sp³-hybridized carbons (Fsp3) is 0.538. The molecule has 1 aliphatic heterocycles. The molecule has 0 amide bonds. The lowest BCUT2D eigenvalue weighted by molar-refractivity contribution is 0.0172. The van der Waals surface area contributed by atoms with Gasteiger partial charge in [-0.25, -0.2) is 8.42 Å². The first-order chi connectivity index (χ1) is 16.3. The van der Waals surface area contributed by atoms with E-state index in [1.165, 1.54) is 5.56 Å². The van der Waals surface area contributed by atoms with Crippen molar-refractivity contribution in [2.75, 3.05) is 59.0 Å². The molecule has 0 fully saturated rings. The van der Waals surface area contributed by atoms with Gasteiger partial charge in [0, 0.05) is 37.2 Å². The predicted octanol–water partition coefficient (Wildman–Crippen LogP) is 4.46. The number of rotatable bonds is 13. The number of hydrogen-bond donors (Lipinski definition) is 0. The van der Waals surface area contributed by atoms with E-state index in [0.29, 0.717) is 51.0 Å². The van der Waals surface area contributed by atoms with Crippen LogP contribution in [0.1, 0.15) is 41.5 Å². The number of likely N-dealkylation sites (N-methyl/N-ethyl adjacent to an activating group) is 1. The van der Waals surface area contributed by atoms with Crippen molar-refractivity contribution in [3.05, 3.63) is 63.7 Å². The zero-order valence-corrected chi connectivity index (χ0v) is 22.0. The van der Waals surface area contributed by atoms with Crippen molar-refractivity contribution < 1.29 is 22.6 Å². The van der Waals surface area contributed by atoms with Crippen LogP contribution in [0.4, 0.5) is 0 Å². The molecule has 0 saturated carbocycles. The number of benzene rings is 2. The Balaban J connectivity index is 1.53. The smallest absolute Gasteiger partial charge is 0.178 e. The van der Waals surface area contributed by atoms with Gasteiger partial charge in [0.15, 0.2) is 9.84 Å². The van der Waals surface area contributed by atoms with Crippen LogP contribution in [0.3, 0.4) is 0 Å². The first kappa shape index (κ1) is 27.1. The van der Waals surface area contributed by atoms with Gasteiger partial charge in [-0.1, -0.05) is 29.8 Å². The van der Waals surface area contributed by atoms with Crippen molar-refractivity contribution >= 4 is 21.4 Å². The molecule has 1 heterocycles. The first-order valence-corrected chi connectivity index (χ1v) is 13.9. The zero-order valence-electron chi connectivity index (χ0n) is 20.4. The minimum atomic E-state index is -3.36. The van der Waals surface area contributed by atoms with Crippen LogP contribution in [0.15, 0.2) is 41.3 Å². The first-order valence-electron chi connectivity index (χ1n) is 11.8. The molecule has 1 unspecified atom stereocenters. The molecule has 3 rings (SSSR count). The number of fused-ring (bicyclic) bond motifs is 1. The topological polar surface area (TPSA) is 65.1 Å². The molecule has 34 heavy (non-hydrogen) atoms. The third-order valence-corrected chi connectivity index (χ3v) is 8.12. The van der Waals surface area contributed by atoms with Gasteiger partial charge in [0.1, 0.15) is 0 Å². The normalized spacial score (nSPS) is 16.5. The van der Waals surface area contributed by atoms with Gasteiger partial charge in [-0.15, -0.1) is 0 Å². The number of sulfone groups is 1. The lowest BCUT2D eigenvalue weighted by Crippen LogP contribution is -2.31. The molecule has 0 saturated heterocycles. The molecule has 0 bridgehead atoms. The zero-order chi connectivity index (χ0) is 24.6. The molecule has 0 aromatic heterocycles. The summed E-state index contributed by atoms with van der Waals surface area (Å²) >= 11 is 6.54. The van der Waals surface area contributed by atoms with Crippen LogP contribution in [-0.2, 0) is 30.6 Å². The third kappa shape index (κ3) is 7.51. The van der Waals surface area contributed by atoms with Gasteiger partial charge >= 0.3 is 0 Å². The van der Waals surface area contributed by atoms with Gasteiger partial charge in [0.2, 0.25) is 0 Å². The van der Waals surface area contributed by atoms with E-state index in [1.54, 1.807) is 12.1 Å². The monoisotopic (exact) mass is 509 g/mol. The minimum Gasteiger partial charge on any atom is -0.379 e. The van der Waals surface area contributed by atoms with Crippen molar-refractivity contribution in [2.45, 2.75) is 37.6 Å². The lowest BCUT2D eigenvalue weighted by Gasteiger charge is -2.33. The van der Waals surface area contributed by atoms with Crippen molar-refractivity contribution in [3.8, 4) is 0 Å². The second-order valence-corrected chi connectivity index (χ2v) is 11.2. The number of hydrogen-bond acceptors (Lipinski definition) is 6. The van der Waals surface area contributed by atoms with Crippen molar-refractivity contribution in [1.82, 2.24) is 4.90 Å². The second kappa shape index (κ2) is 13.0. The Morgan fingerprint density at radius 3 is 2.32 bits per heavy atom. The van der Waals surface area contributed by atoms with Crippen molar-refractivity contribution in [1.29, 1.82) is 0 Å². The Labute approximate surface area is 209 Å². The Kier molecular flexibility index (Phi) is 10.4. The number of nitrogens with zero attached hydrogens (tertiary/aromatic N) is 1. The molecule has 0 radical (unpaired) electrons. The second-order valence-electron chi connectivity index (χ2n) is 8.73. The highest BCUT2D eigenvalue weighted by molar-refractivity contribution is 7.91. The molecule has 6 nitrogen and oxygen atoms in total. The lowest BCUT2D eigenvalue weighted by atomic mass is 9.84. The highest BCUT2D eigenvalue weighted by Gasteiger charge is 2.27. The standard InChI is InChI=1S/C26H36ClNO5S/c1-4-31-11-12-33-14-13-32-10-5-15-34(29,30)22-8-6-21(7-9-22)24-18-28(3)19-25-23(24)16-20(2)17-26(25)27/h6-9,16-17,24H,4-5,10-15,18-19H2,1-3H3. The van der Waals surface area contributed by atoms with E-state index < -0.39 is 9.84 Å². The summed E-state index contributed by atoms with van der Waals surface area (Å²) in [6.45, 7) is 8.78. The summed E-state index contributed by atoms with van der Waals surface area (Å²) < 4.78 is 41.6. The summed E-state index contributed by atoms with van der Waals surface area (Å²) in [7, 11) is -1.28. The van der Waals surface area contributed by atoms with E-state index in [4.69, 9.17) is 25.8 Å². The average molecular weight is 510 g/mol. The largest absolute Gasteiger partial charge is 0.379 e. The van der Waals surface area contributed by atoms with Crippen LogP contribution in [0.2, 0.25) is 5.02 Å². The van der Waals surface area contributed by atoms with Crippen molar-refractivity contribution in [2.24, 2.45) is 0 Å². The molecular weight excluding hydrogens is 474 g/mol. The summed E-state index contributed by atoms with van der Waals surface area (Å²) in [5, 5.41) is 0.796. The maximum absolute atomic E-state index is 12.8. The Morgan fingerprint density at radius 2 is 1.65 bits per heavy atom. The van der Waals surface area contributed by atoms with Gasteiger partial charge in [0.05, 0.1) is 37.1 Å². The van der Waals surface area contributed by atoms with Crippen LogP contribution in [0.5, 0.6) is 0 Å². The molecule has 0 N–H and O–H groups in total. The van der Waals surface area contributed by atoms with Gasteiger partial charge in [-0.2, -0.15) is 0 Å². The summed E-state index contributed by atoms with van der Waals surface area (Å²) in [5.74, 6) is 0.216. The number of halogens is 1. The van der Waals surface area contributed by atoms with E-state index in [1.807, 2.05) is 25.1 Å². The summed E-state index contributed by atoms with van der Waals surface area (Å²) in [4.78, 5) is 2.60. The quantitative estimate of drug-likeness (QED) is 0.371. The number of aryl methyl sites for hydroxylation is 1. The van der Waals surface area contributed by atoms with E-state index in [-0.39, 0.29) is 11.7 Å². The van der Waals surface area contributed by atoms with Crippen LogP contribution in [0.25, 0.3) is 0 Å². The van der Waals surface area contributed by atoms with Gasteiger partial charge in [0.25, 0.3) is 0 Å². The van der Waals surface area contributed by atoms with Crippen LogP contribution in [-0.4, -0.2) is 72.3 Å². The molecule has 0 aliphatic carbocycles. The minimum absolute atomic E-state index is 0.0569. The molecule has 2 aromatic carbocycles. The van der Waals surface area contributed by atoms with Gasteiger partial charge < -0.3 is 19.1 Å². The van der Waals surface area contributed by atoms with Crippen molar-refractivity contribution in [3.63, 3.8) is 0 Å². The molecule has 1 atom stereocenters. The molecule has 1 aliphatic rings. The van der Waals surface area contributed by atoms with E-state index >= 15 is 0 Å². The fourth-order valence-corrected chi connectivity index (χ4v) is 5.89. The van der Waals surface area contributed by atoms with E-state index in [0.717, 1.165) is 34.8 Å².